The van der Waals surface area contributed by atoms with Crippen molar-refractivity contribution in [2.45, 2.75) is 0 Å². The molecular weight excluding hydrogens is 140 g/mol. The highest BCUT2D eigenvalue weighted by molar-refractivity contribution is 5.82. The fourth-order valence-electron chi connectivity index (χ4n) is 0.976. The minimum absolute atomic E-state index is 0.365. The molecule has 0 aliphatic rings. The molecular formula is C7H4N4. The average molecular weight is 144 g/mol. The number of nitrogens with zero attached hydrogens (tertiary/aromatic N) is 3. The van der Waals surface area contributed by atoms with Gasteiger partial charge in [-0.05, 0) is 6.07 Å². The summed E-state index contributed by atoms with van der Waals surface area (Å²) in [6.07, 6.45) is 3.35. The van der Waals surface area contributed by atoms with E-state index >= 15 is 0 Å². The molecule has 0 bridgehead atoms. The van der Waals surface area contributed by atoms with E-state index in [-0.39, 0.29) is 0 Å². The summed E-state index contributed by atoms with van der Waals surface area (Å²) in [5.41, 5.74) is 1.21. The zero-order chi connectivity index (χ0) is 7.68. The smallest absolute Gasteiger partial charge is 0.172 e. The summed E-state index contributed by atoms with van der Waals surface area (Å²) in [6, 6.07) is 3.77. The lowest BCUT2D eigenvalue weighted by atomic mass is 10.3. The number of H-pyrrole nitrogens is 1. The maximum atomic E-state index is 8.59. The first-order valence-corrected chi connectivity index (χ1v) is 3.10. The first-order valence-electron chi connectivity index (χ1n) is 3.10. The molecule has 0 atom stereocenters. The van der Waals surface area contributed by atoms with Crippen LogP contribution in [0.1, 0.15) is 5.69 Å². The van der Waals surface area contributed by atoms with Crippen molar-refractivity contribution in [1.82, 2.24) is 15.2 Å². The lowest BCUT2D eigenvalue weighted by Gasteiger charge is -1.87. The summed E-state index contributed by atoms with van der Waals surface area (Å²) in [6.45, 7) is 0. The van der Waals surface area contributed by atoms with E-state index in [1.165, 1.54) is 0 Å². The highest BCUT2D eigenvalue weighted by atomic mass is 15.1. The van der Waals surface area contributed by atoms with Crippen LogP contribution in [0.2, 0.25) is 0 Å². The Kier molecular flexibility index (Phi) is 1.10. The molecule has 0 saturated carbocycles. The number of nitriles is 1. The molecule has 0 unspecified atom stereocenters. The number of fused-ring (bicyclic) bond motifs is 1. The molecule has 0 saturated heterocycles. The Labute approximate surface area is 62.5 Å². The molecule has 0 amide bonds. The van der Waals surface area contributed by atoms with Crippen molar-refractivity contribution in [2.75, 3.05) is 0 Å². The minimum Gasteiger partial charge on any atom is -0.360 e. The van der Waals surface area contributed by atoms with Gasteiger partial charge in [0.25, 0.3) is 0 Å². The van der Waals surface area contributed by atoms with Gasteiger partial charge in [0.2, 0.25) is 0 Å². The van der Waals surface area contributed by atoms with Crippen LogP contribution in [0.3, 0.4) is 0 Å². The third-order valence-electron chi connectivity index (χ3n) is 1.48. The van der Waals surface area contributed by atoms with Gasteiger partial charge in [0.05, 0.1) is 11.7 Å². The van der Waals surface area contributed by atoms with Crippen molar-refractivity contribution >= 4 is 10.9 Å². The monoisotopic (exact) mass is 144 g/mol. The molecule has 4 nitrogen and oxygen atoms in total. The average Bonchev–Trinajstić information content (AvgIpc) is 2.50. The van der Waals surface area contributed by atoms with E-state index in [0.29, 0.717) is 5.69 Å². The second kappa shape index (κ2) is 2.06. The molecule has 11 heavy (non-hydrogen) atoms. The third kappa shape index (κ3) is 0.749. The van der Waals surface area contributed by atoms with E-state index < -0.39 is 0 Å². The molecule has 1 N–H and O–H groups in total. The van der Waals surface area contributed by atoms with E-state index in [0.717, 1.165) is 10.9 Å². The van der Waals surface area contributed by atoms with Crippen LogP contribution in [0.4, 0.5) is 0 Å². The van der Waals surface area contributed by atoms with Crippen molar-refractivity contribution in [2.24, 2.45) is 0 Å². The zero-order valence-electron chi connectivity index (χ0n) is 5.57. The second-order valence-corrected chi connectivity index (χ2v) is 2.11. The Hall–Kier alpha value is -1.89. The van der Waals surface area contributed by atoms with Crippen LogP contribution in [0.25, 0.3) is 10.9 Å². The number of rotatable bonds is 0. The number of hydrogen-bond acceptors (Lipinski definition) is 3. The molecule has 0 fully saturated rings. The number of hydrogen-bond donors (Lipinski definition) is 1. The van der Waals surface area contributed by atoms with Crippen LogP contribution in [-0.4, -0.2) is 15.2 Å². The fourth-order valence-corrected chi connectivity index (χ4v) is 0.976. The van der Waals surface area contributed by atoms with Gasteiger partial charge < -0.3 is 4.98 Å². The fraction of sp³-hybridized carbons (Fsp3) is 0. The summed E-state index contributed by atoms with van der Waals surface area (Å²) in [7, 11) is 0. The van der Waals surface area contributed by atoms with Gasteiger partial charge in [-0.15, -0.1) is 5.10 Å². The first-order chi connectivity index (χ1) is 5.42. The number of aromatic nitrogens is 3. The van der Waals surface area contributed by atoms with Gasteiger partial charge in [-0.3, -0.25) is 0 Å². The van der Waals surface area contributed by atoms with Gasteiger partial charge in [0, 0.05) is 11.6 Å². The van der Waals surface area contributed by atoms with Crippen molar-refractivity contribution in [3.8, 4) is 6.07 Å². The van der Waals surface area contributed by atoms with E-state index in [4.69, 9.17) is 5.26 Å². The Morgan fingerprint density at radius 3 is 3.27 bits per heavy atom. The van der Waals surface area contributed by atoms with Crippen molar-refractivity contribution in [3.63, 3.8) is 0 Å². The molecule has 2 rings (SSSR count). The van der Waals surface area contributed by atoms with Crippen LogP contribution >= 0.6 is 0 Å². The molecule has 0 radical (unpaired) electrons. The maximum absolute atomic E-state index is 8.59. The molecule has 0 spiro atoms. The number of nitrogens with one attached hydrogen (secondary N) is 1. The van der Waals surface area contributed by atoms with E-state index in [1.807, 2.05) is 12.1 Å². The Bertz CT molecular complexity index is 423. The normalized spacial score (nSPS) is 9.73. The molecule has 0 aliphatic carbocycles. The van der Waals surface area contributed by atoms with Gasteiger partial charge in [-0.1, -0.05) is 0 Å². The lowest BCUT2D eigenvalue weighted by molar-refractivity contribution is 1.03. The molecule has 2 aromatic heterocycles. The second-order valence-electron chi connectivity index (χ2n) is 2.11. The Morgan fingerprint density at radius 1 is 1.55 bits per heavy atom. The zero-order valence-corrected chi connectivity index (χ0v) is 5.57. The maximum Gasteiger partial charge on any atom is 0.172 e. The van der Waals surface area contributed by atoms with E-state index in [9.17, 15) is 0 Å². The third-order valence-corrected chi connectivity index (χ3v) is 1.48. The molecule has 4 heteroatoms. The van der Waals surface area contributed by atoms with Gasteiger partial charge in [0.15, 0.2) is 5.69 Å². The first kappa shape index (κ1) is 5.86. The van der Waals surface area contributed by atoms with Crippen molar-refractivity contribution < 1.29 is 0 Å². The SMILES string of the molecule is N#Cc1nncc2[nH]ccc12. The van der Waals surface area contributed by atoms with Crippen LogP contribution in [-0.2, 0) is 0 Å². The van der Waals surface area contributed by atoms with Gasteiger partial charge in [-0.25, -0.2) is 0 Å². The number of aromatic amines is 1. The standard InChI is InChI=1S/C7H4N4/c8-3-6-5-1-2-9-7(5)4-10-11-6/h1-2,4,9H. The van der Waals surface area contributed by atoms with Crippen LogP contribution in [0.15, 0.2) is 18.5 Å². The molecule has 52 valence electrons. The van der Waals surface area contributed by atoms with Crippen LogP contribution in [0.5, 0.6) is 0 Å². The summed E-state index contributed by atoms with van der Waals surface area (Å²) in [4.78, 5) is 2.94. The predicted molar refractivity (Wildman–Crippen MR) is 38.6 cm³/mol. The highest BCUT2D eigenvalue weighted by Gasteiger charge is 2.00. The molecule has 0 aromatic carbocycles. The summed E-state index contributed by atoms with van der Waals surface area (Å²) in [5, 5.41) is 16.7. The summed E-state index contributed by atoms with van der Waals surface area (Å²) in [5.74, 6) is 0. The Balaban J connectivity index is 2.92. The largest absolute Gasteiger partial charge is 0.360 e. The van der Waals surface area contributed by atoms with Crippen molar-refractivity contribution in [1.29, 1.82) is 5.26 Å². The molecule has 0 aliphatic heterocycles. The van der Waals surface area contributed by atoms with Gasteiger partial charge >= 0.3 is 0 Å². The minimum atomic E-state index is 0.365. The molecule has 2 aromatic rings. The van der Waals surface area contributed by atoms with Gasteiger partial charge in [0.1, 0.15) is 6.07 Å². The Morgan fingerprint density at radius 2 is 2.45 bits per heavy atom. The van der Waals surface area contributed by atoms with Crippen LogP contribution < -0.4 is 0 Å². The highest BCUT2D eigenvalue weighted by Crippen LogP contribution is 2.11. The van der Waals surface area contributed by atoms with E-state index in [1.54, 1.807) is 12.4 Å². The van der Waals surface area contributed by atoms with Crippen LogP contribution in [0, 0.1) is 11.3 Å². The summed E-state index contributed by atoms with van der Waals surface area (Å²) < 4.78 is 0. The molecule has 2 heterocycles. The van der Waals surface area contributed by atoms with E-state index in [2.05, 4.69) is 15.2 Å². The quantitative estimate of drug-likeness (QED) is 0.595. The predicted octanol–water partition coefficient (Wildman–Crippen LogP) is 0.830. The van der Waals surface area contributed by atoms with Crippen molar-refractivity contribution in [3.05, 3.63) is 24.2 Å². The summed E-state index contributed by atoms with van der Waals surface area (Å²) >= 11 is 0. The topological polar surface area (TPSA) is 65.4 Å². The lowest BCUT2D eigenvalue weighted by Crippen LogP contribution is -1.86. The van der Waals surface area contributed by atoms with Gasteiger partial charge in [-0.2, -0.15) is 10.4 Å².